The van der Waals surface area contributed by atoms with Gasteiger partial charge in [0.25, 0.3) is 0 Å². The number of rotatable bonds is 4. The van der Waals surface area contributed by atoms with Crippen molar-refractivity contribution in [1.29, 1.82) is 5.26 Å². The molecule has 0 unspecified atom stereocenters. The lowest BCUT2D eigenvalue weighted by atomic mass is 10.0. The van der Waals surface area contributed by atoms with Gasteiger partial charge in [-0.2, -0.15) is 23.5 Å². The van der Waals surface area contributed by atoms with E-state index in [1.165, 1.54) is 0 Å². The fraction of sp³-hybridized carbons (Fsp3) is 0.304. The van der Waals surface area contributed by atoms with Gasteiger partial charge in [-0.1, -0.05) is 0 Å². The van der Waals surface area contributed by atoms with Crippen LogP contribution < -0.4 is 16.0 Å². The minimum absolute atomic E-state index is 0.307. The lowest BCUT2D eigenvalue weighted by molar-refractivity contribution is -0.192. The van der Waals surface area contributed by atoms with Crippen LogP contribution in [0.3, 0.4) is 0 Å². The number of nitrogens with zero attached hydrogens (tertiary/aromatic N) is 4. The SMILES string of the molecule is Cc1c(N[C@H]2CCCNC2)c(C#N)c2ccnn2c1Nc1ccc2ncsc2c1.O=C(O)C(F)(F)F. The van der Waals surface area contributed by atoms with E-state index in [4.69, 9.17) is 9.90 Å². The first-order chi connectivity index (χ1) is 17.2. The van der Waals surface area contributed by atoms with Gasteiger partial charge in [0.15, 0.2) is 0 Å². The molecule has 5 rings (SSSR count). The van der Waals surface area contributed by atoms with E-state index in [2.05, 4.69) is 38.2 Å². The van der Waals surface area contributed by atoms with Crippen LogP contribution in [0, 0.1) is 18.3 Å². The molecule has 0 aliphatic carbocycles. The van der Waals surface area contributed by atoms with Crippen LogP contribution in [0.4, 0.5) is 30.4 Å². The van der Waals surface area contributed by atoms with Crippen molar-refractivity contribution in [2.24, 2.45) is 0 Å². The number of halogens is 3. The molecule has 1 fully saturated rings. The quantitative estimate of drug-likeness (QED) is 0.308. The summed E-state index contributed by atoms with van der Waals surface area (Å²) in [4.78, 5) is 13.2. The molecule has 1 aliphatic rings. The number of hydrogen-bond donors (Lipinski definition) is 4. The van der Waals surface area contributed by atoms with E-state index >= 15 is 0 Å². The second kappa shape index (κ2) is 10.4. The normalized spacial score (nSPS) is 15.7. The molecule has 188 valence electrons. The van der Waals surface area contributed by atoms with Crippen molar-refractivity contribution in [3.05, 3.63) is 47.1 Å². The van der Waals surface area contributed by atoms with Crippen LogP contribution in [-0.4, -0.2) is 51.0 Å². The van der Waals surface area contributed by atoms with Crippen LogP contribution in [0.15, 0.2) is 36.0 Å². The first-order valence-electron chi connectivity index (χ1n) is 11.0. The summed E-state index contributed by atoms with van der Waals surface area (Å²) in [5.74, 6) is -1.90. The highest BCUT2D eigenvalue weighted by atomic mass is 32.1. The van der Waals surface area contributed by atoms with Crippen LogP contribution in [0.25, 0.3) is 15.7 Å². The summed E-state index contributed by atoms with van der Waals surface area (Å²) in [7, 11) is 0. The summed E-state index contributed by atoms with van der Waals surface area (Å²) in [6.45, 7) is 3.99. The number of aromatic nitrogens is 3. The Labute approximate surface area is 207 Å². The molecule has 4 heterocycles. The van der Waals surface area contributed by atoms with Gasteiger partial charge in [-0.15, -0.1) is 11.3 Å². The van der Waals surface area contributed by atoms with Crippen molar-refractivity contribution in [3.8, 4) is 6.07 Å². The largest absolute Gasteiger partial charge is 0.490 e. The number of carboxylic acid groups (broad SMARTS) is 1. The van der Waals surface area contributed by atoms with Gasteiger partial charge in [-0.3, -0.25) is 0 Å². The molecule has 1 aromatic carbocycles. The minimum Gasteiger partial charge on any atom is -0.475 e. The third-order valence-electron chi connectivity index (χ3n) is 5.68. The van der Waals surface area contributed by atoms with E-state index in [1.54, 1.807) is 17.5 Å². The number of anilines is 3. The van der Waals surface area contributed by atoms with Crippen LogP contribution in [-0.2, 0) is 4.79 Å². The molecule has 0 amide bonds. The average Bonchev–Trinajstić information content (AvgIpc) is 3.52. The maximum atomic E-state index is 10.6. The topological polar surface area (TPSA) is 127 Å². The van der Waals surface area contributed by atoms with E-state index in [0.717, 1.165) is 64.4 Å². The zero-order valence-electron chi connectivity index (χ0n) is 19.1. The number of thiazole rings is 1. The number of piperidine rings is 1. The number of fused-ring (bicyclic) bond motifs is 2. The summed E-state index contributed by atoms with van der Waals surface area (Å²) in [5.41, 5.74) is 7.11. The van der Waals surface area contributed by atoms with Crippen LogP contribution >= 0.6 is 11.3 Å². The van der Waals surface area contributed by atoms with Crippen molar-refractivity contribution < 1.29 is 23.1 Å². The Morgan fingerprint density at radius 3 is 2.81 bits per heavy atom. The standard InChI is InChI=1S/C21H21N7S.C2HF3O2/c1-13-20(26-15-3-2-7-23-11-15)16(10-22)18-6-8-25-28(18)21(13)27-14-4-5-17-19(9-14)29-12-24-17;3-2(4,5)1(6)7/h4-6,8-9,12,15,23,26-27H,2-3,7,11H2,1H3;(H,6,7)/t15-;/m0./s1. The van der Waals surface area contributed by atoms with Crippen molar-refractivity contribution in [2.45, 2.75) is 32.0 Å². The summed E-state index contributed by atoms with van der Waals surface area (Å²) in [6.07, 6.45) is -1.13. The highest BCUT2D eigenvalue weighted by molar-refractivity contribution is 7.16. The third-order valence-corrected chi connectivity index (χ3v) is 6.48. The maximum absolute atomic E-state index is 10.6. The highest BCUT2D eigenvalue weighted by Crippen LogP contribution is 2.34. The summed E-state index contributed by atoms with van der Waals surface area (Å²) in [5, 5.41) is 32.1. The number of nitriles is 1. The van der Waals surface area contributed by atoms with Gasteiger partial charge in [0.2, 0.25) is 0 Å². The summed E-state index contributed by atoms with van der Waals surface area (Å²) >= 11 is 1.62. The number of alkyl halides is 3. The van der Waals surface area contributed by atoms with Crippen molar-refractivity contribution >= 4 is 50.2 Å². The molecular weight excluding hydrogens is 495 g/mol. The number of carbonyl (C=O) groups is 1. The van der Waals surface area contributed by atoms with Crippen LogP contribution in [0.5, 0.6) is 0 Å². The van der Waals surface area contributed by atoms with E-state index in [1.807, 2.05) is 35.1 Å². The van der Waals surface area contributed by atoms with Crippen molar-refractivity contribution in [1.82, 2.24) is 19.9 Å². The monoisotopic (exact) mass is 517 g/mol. The first-order valence-corrected chi connectivity index (χ1v) is 11.8. The molecule has 0 radical (unpaired) electrons. The Balaban J connectivity index is 0.000000384. The average molecular weight is 518 g/mol. The smallest absolute Gasteiger partial charge is 0.475 e. The molecule has 1 aliphatic heterocycles. The molecule has 9 nitrogen and oxygen atoms in total. The van der Waals surface area contributed by atoms with E-state index in [-0.39, 0.29) is 0 Å². The van der Waals surface area contributed by atoms with Crippen molar-refractivity contribution in [3.63, 3.8) is 0 Å². The molecule has 1 saturated heterocycles. The van der Waals surface area contributed by atoms with Gasteiger partial charge in [0.1, 0.15) is 17.5 Å². The Morgan fingerprint density at radius 1 is 1.36 bits per heavy atom. The lowest BCUT2D eigenvalue weighted by Gasteiger charge is -2.27. The van der Waals surface area contributed by atoms with Gasteiger partial charge < -0.3 is 21.1 Å². The number of nitrogens with one attached hydrogen (secondary N) is 3. The molecule has 0 spiro atoms. The number of aliphatic carboxylic acids is 1. The van der Waals surface area contributed by atoms with Crippen molar-refractivity contribution in [2.75, 3.05) is 23.7 Å². The number of hydrogen-bond acceptors (Lipinski definition) is 8. The third kappa shape index (κ3) is 5.34. The number of benzene rings is 1. The van der Waals surface area contributed by atoms with Gasteiger partial charge in [-0.05, 0) is 50.6 Å². The zero-order valence-corrected chi connectivity index (χ0v) is 19.9. The van der Waals surface area contributed by atoms with E-state index in [0.29, 0.717) is 11.6 Å². The molecule has 4 aromatic rings. The Hall–Kier alpha value is -3.89. The number of carboxylic acids is 1. The van der Waals surface area contributed by atoms with Gasteiger partial charge in [0.05, 0.1) is 33.1 Å². The molecular formula is C23H22F3N7O2S. The Kier molecular flexibility index (Phi) is 7.27. The molecule has 4 N–H and O–H groups in total. The molecule has 3 aromatic heterocycles. The Bertz CT molecular complexity index is 1440. The van der Waals surface area contributed by atoms with E-state index in [9.17, 15) is 18.4 Å². The molecule has 13 heteroatoms. The minimum atomic E-state index is -5.08. The second-order valence-electron chi connectivity index (χ2n) is 8.11. The first kappa shape index (κ1) is 25.2. The fourth-order valence-electron chi connectivity index (χ4n) is 3.95. The van der Waals surface area contributed by atoms with Crippen LogP contribution in [0.2, 0.25) is 0 Å². The molecule has 0 bridgehead atoms. The molecule has 36 heavy (non-hydrogen) atoms. The van der Waals surface area contributed by atoms with Crippen LogP contribution in [0.1, 0.15) is 24.0 Å². The summed E-state index contributed by atoms with van der Waals surface area (Å²) < 4.78 is 34.7. The molecule has 0 saturated carbocycles. The van der Waals surface area contributed by atoms with E-state index < -0.39 is 12.1 Å². The predicted octanol–water partition coefficient (Wildman–Crippen LogP) is 4.66. The Morgan fingerprint density at radius 2 is 2.14 bits per heavy atom. The summed E-state index contributed by atoms with van der Waals surface area (Å²) in [6, 6.07) is 10.7. The lowest BCUT2D eigenvalue weighted by Crippen LogP contribution is -2.38. The van der Waals surface area contributed by atoms with Gasteiger partial charge in [0, 0.05) is 23.8 Å². The molecule has 1 atom stereocenters. The highest BCUT2D eigenvalue weighted by Gasteiger charge is 2.38. The van der Waals surface area contributed by atoms with Gasteiger partial charge in [-0.25, -0.2) is 14.3 Å². The maximum Gasteiger partial charge on any atom is 0.490 e. The van der Waals surface area contributed by atoms with Gasteiger partial charge >= 0.3 is 12.1 Å². The predicted molar refractivity (Wildman–Crippen MR) is 131 cm³/mol. The second-order valence-corrected chi connectivity index (χ2v) is 9.00. The fourth-order valence-corrected chi connectivity index (χ4v) is 4.67. The number of pyridine rings is 1. The zero-order chi connectivity index (χ0) is 25.9.